The van der Waals surface area contributed by atoms with Crippen molar-refractivity contribution in [2.24, 2.45) is 0 Å². The molecule has 0 aliphatic rings. The third-order valence-corrected chi connectivity index (χ3v) is 4.99. The summed E-state index contributed by atoms with van der Waals surface area (Å²) in [5, 5.41) is 2.87. The highest BCUT2D eigenvalue weighted by Gasteiger charge is 2.05. The number of carbonyl (C=O) groups is 1. The van der Waals surface area contributed by atoms with E-state index in [0.717, 1.165) is 34.1 Å². The number of aromatic amines is 1. The summed E-state index contributed by atoms with van der Waals surface area (Å²) in [6.07, 6.45) is 11.2. The number of methoxy groups -OCH3 is 1. The molecule has 1 aromatic carbocycles. The third-order valence-electron chi connectivity index (χ3n) is 3.87. The van der Waals surface area contributed by atoms with Gasteiger partial charge >= 0.3 is 0 Å². The Kier molecular flexibility index (Phi) is 8.83. The predicted octanol–water partition coefficient (Wildman–Crippen LogP) is 4.07. The number of carbonyl (C=O) groups excluding carboxylic acids is 1. The van der Waals surface area contributed by atoms with Crippen molar-refractivity contribution in [1.29, 1.82) is 0 Å². The average Bonchev–Trinajstić information content (AvgIpc) is 3.17. The fourth-order valence-electron chi connectivity index (χ4n) is 2.42. The second-order valence-corrected chi connectivity index (χ2v) is 7.05. The highest BCUT2D eigenvalue weighted by molar-refractivity contribution is 7.99. The summed E-state index contributed by atoms with van der Waals surface area (Å²) in [5.74, 6) is 1.86. The number of benzene rings is 1. The second kappa shape index (κ2) is 11.4. The Balaban J connectivity index is 1.86. The molecule has 0 atom stereocenters. The zero-order valence-corrected chi connectivity index (χ0v) is 16.3. The number of rotatable bonds is 11. The fourth-order valence-corrected chi connectivity index (χ4v) is 3.50. The topological polar surface area (TPSA) is 67.0 Å². The normalized spacial score (nSPS) is 11.0. The van der Waals surface area contributed by atoms with Crippen molar-refractivity contribution in [2.75, 3.05) is 19.4 Å². The summed E-state index contributed by atoms with van der Waals surface area (Å²) in [5.41, 5.74) is 2.00. The molecule has 6 heteroatoms. The molecule has 0 spiro atoms. The largest absolute Gasteiger partial charge is 0.496 e. The molecule has 1 heterocycles. The van der Waals surface area contributed by atoms with E-state index in [1.807, 2.05) is 18.2 Å². The van der Waals surface area contributed by atoms with Gasteiger partial charge in [0.05, 0.1) is 13.4 Å². The molecule has 26 heavy (non-hydrogen) atoms. The van der Waals surface area contributed by atoms with E-state index < -0.39 is 0 Å². The minimum absolute atomic E-state index is 0.0996. The van der Waals surface area contributed by atoms with E-state index in [1.54, 1.807) is 37.5 Å². The van der Waals surface area contributed by atoms with Gasteiger partial charge in [-0.3, -0.25) is 4.79 Å². The number of unbranched alkanes of at least 4 members (excludes halogenated alkanes) is 2. The standard InChI is InChI=1S/C20H27N3O2S/c1-3-4-5-12-26-19-13-16(6-8-18(19)25-2)7-9-20(24)22-11-10-17-14-21-15-23-17/h6-9,13-15H,3-5,10-12H2,1-2H3,(H,21,23)(H,22,24). The number of aromatic nitrogens is 2. The minimum Gasteiger partial charge on any atom is -0.496 e. The molecule has 1 amide bonds. The Morgan fingerprint density at radius 2 is 2.27 bits per heavy atom. The highest BCUT2D eigenvalue weighted by Crippen LogP contribution is 2.31. The summed E-state index contributed by atoms with van der Waals surface area (Å²) in [7, 11) is 1.69. The molecule has 0 bridgehead atoms. The molecule has 5 nitrogen and oxygen atoms in total. The lowest BCUT2D eigenvalue weighted by Crippen LogP contribution is -2.23. The van der Waals surface area contributed by atoms with Crippen LogP contribution in [0.5, 0.6) is 5.75 Å². The SMILES string of the molecule is CCCCCSc1cc(C=CC(=O)NCCc2cnc[nH]2)ccc1OC. The van der Waals surface area contributed by atoms with Crippen molar-refractivity contribution >= 4 is 23.7 Å². The minimum atomic E-state index is -0.0996. The van der Waals surface area contributed by atoms with E-state index in [9.17, 15) is 4.79 Å². The lowest BCUT2D eigenvalue weighted by molar-refractivity contribution is -0.116. The number of nitrogens with zero attached hydrogens (tertiary/aromatic N) is 1. The lowest BCUT2D eigenvalue weighted by atomic mass is 10.2. The van der Waals surface area contributed by atoms with Crippen molar-refractivity contribution in [3.05, 3.63) is 48.1 Å². The lowest BCUT2D eigenvalue weighted by Gasteiger charge is -2.09. The monoisotopic (exact) mass is 373 g/mol. The van der Waals surface area contributed by atoms with Gasteiger partial charge < -0.3 is 15.0 Å². The van der Waals surface area contributed by atoms with E-state index in [4.69, 9.17) is 4.74 Å². The first-order chi connectivity index (χ1) is 12.7. The van der Waals surface area contributed by atoms with Crippen LogP contribution in [0.4, 0.5) is 0 Å². The van der Waals surface area contributed by atoms with Crippen molar-refractivity contribution in [2.45, 2.75) is 37.5 Å². The van der Waals surface area contributed by atoms with Gasteiger partial charge in [0.25, 0.3) is 0 Å². The molecule has 0 saturated carbocycles. The summed E-state index contributed by atoms with van der Waals surface area (Å²) in [6.45, 7) is 2.78. The molecule has 0 radical (unpaired) electrons. The van der Waals surface area contributed by atoms with E-state index in [1.165, 1.54) is 19.3 Å². The van der Waals surface area contributed by atoms with Gasteiger partial charge in [0.2, 0.25) is 5.91 Å². The average molecular weight is 374 g/mol. The first-order valence-electron chi connectivity index (χ1n) is 8.97. The maximum absolute atomic E-state index is 11.9. The number of hydrogen-bond acceptors (Lipinski definition) is 4. The van der Waals surface area contributed by atoms with Crippen molar-refractivity contribution < 1.29 is 9.53 Å². The van der Waals surface area contributed by atoms with Crippen LogP contribution in [0.25, 0.3) is 6.08 Å². The van der Waals surface area contributed by atoms with Crippen LogP contribution >= 0.6 is 11.8 Å². The van der Waals surface area contributed by atoms with Gasteiger partial charge in [-0.05, 0) is 35.9 Å². The smallest absolute Gasteiger partial charge is 0.244 e. The summed E-state index contributed by atoms with van der Waals surface area (Å²) in [4.78, 5) is 20.0. The number of amides is 1. The van der Waals surface area contributed by atoms with Crippen LogP contribution < -0.4 is 10.1 Å². The van der Waals surface area contributed by atoms with Crippen molar-refractivity contribution in [3.8, 4) is 5.75 Å². The molecular weight excluding hydrogens is 346 g/mol. The van der Waals surface area contributed by atoms with Crippen LogP contribution in [0.3, 0.4) is 0 Å². The fraction of sp³-hybridized carbons (Fsp3) is 0.400. The van der Waals surface area contributed by atoms with E-state index in [0.29, 0.717) is 6.54 Å². The van der Waals surface area contributed by atoms with Crippen LogP contribution in [0.15, 0.2) is 41.7 Å². The number of H-pyrrole nitrogens is 1. The van der Waals surface area contributed by atoms with Gasteiger partial charge in [0.1, 0.15) is 5.75 Å². The molecule has 0 aliphatic heterocycles. The van der Waals surface area contributed by atoms with Crippen LogP contribution in [0, 0.1) is 0 Å². The highest BCUT2D eigenvalue weighted by atomic mass is 32.2. The van der Waals surface area contributed by atoms with Gasteiger partial charge in [-0.25, -0.2) is 4.98 Å². The van der Waals surface area contributed by atoms with Gasteiger partial charge in [-0.15, -0.1) is 11.8 Å². The van der Waals surface area contributed by atoms with Gasteiger partial charge in [0, 0.05) is 35.8 Å². The summed E-state index contributed by atoms with van der Waals surface area (Å²) >= 11 is 1.80. The molecular formula is C20H27N3O2S. The number of imidazole rings is 1. The van der Waals surface area contributed by atoms with Crippen LogP contribution in [-0.4, -0.2) is 35.3 Å². The van der Waals surface area contributed by atoms with E-state index in [-0.39, 0.29) is 5.91 Å². The summed E-state index contributed by atoms with van der Waals surface area (Å²) in [6, 6.07) is 5.99. The Morgan fingerprint density at radius 1 is 1.38 bits per heavy atom. The zero-order chi connectivity index (χ0) is 18.6. The van der Waals surface area contributed by atoms with Gasteiger partial charge in [0.15, 0.2) is 0 Å². The number of ether oxygens (including phenoxy) is 1. The Labute approximate surface area is 159 Å². The Hall–Kier alpha value is -2.21. The van der Waals surface area contributed by atoms with E-state index >= 15 is 0 Å². The first kappa shape index (κ1) is 20.1. The molecule has 2 rings (SSSR count). The van der Waals surface area contributed by atoms with E-state index in [2.05, 4.69) is 28.3 Å². The molecule has 0 unspecified atom stereocenters. The number of hydrogen-bond donors (Lipinski definition) is 2. The van der Waals surface area contributed by atoms with Crippen LogP contribution in [0.1, 0.15) is 37.4 Å². The predicted molar refractivity (Wildman–Crippen MR) is 108 cm³/mol. The molecule has 0 aliphatic carbocycles. The third kappa shape index (κ3) is 6.96. The van der Waals surface area contributed by atoms with Gasteiger partial charge in [-0.1, -0.05) is 25.8 Å². The zero-order valence-electron chi connectivity index (χ0n) is 15.5. The Morgan fingerprint density at radius 3 is 3.00 bits per heavy atom. The Bertz CT molecular complexity index is 699. The van der Waals surface area contributed by atoms with Crippen LogP contribution in [-0.2, 0) is 11.2 Å². The van der Waals surface area contributed by atoms with Crippen molar-refractivity contribution in [3.63, 3.8) is 0 Å². The maximum Gasteiger partial charge on any atom is 0.244 e. The molecule has 140 valence electrons. The number of thioether (sulfide) groups is 1. The molecule has 1 aromatic heterocycles. The van der Waals surface area contributed by atoms with Gasteiger partial charge in [-0.2, -0.15) is 0 Å². The summed E-state index contributed by atoms with van der Waals surface area (Å²) < 4.78 is 5.44. The molecule has 2 aromatic rings. The second-order valence-electron chi connectivity index (χ2n) is 5.92. The molecule has 0 saturated heterocycles. The maximum atomic E-state index is 11.9. The molecule has 2 N–H and O–H groups in total. The quantitative estimate of drug-likeness (QED) is 0.354. The first-order valence-corrected chi connectivity index (χ1v) is 9.95. The van der Waals surface area contributed by atoms with Crippen molar-refractivity contribution in [1.82, 2.24) is 15.3 Å². The van der Waals surface area contributed by atoms with Crippen LogP contribution in [0.2, 0.25) is 0 Å². The molecule has 0 fully saturated rings. The number of nitrogens with one attached hydrogen (secondary N) is 2.